The number of nitrogens with one attached hydrogen (secondary N) is 1. The van der Waals surface area contributed by atoms with Crippen LogP contribution >= 0.6 is 0 Å². The van der Waals surface area contributed by atoms with E-state index in [-0.39, 0.29) is 5.56 Å². The molecular weight excluding hydrogens is 370 g/mol. The van der Waals surface area contributed by atoms with Gasteiger partial charge in [0.25, 0.3) is 5.56 Å². The first-order chi connectivity index (χ1) is 14.0. The van der Waals surface area contributed by atoms with Crippen LogP contribution < -0.4 is 10.9 Å². The number of hydrogen-bond acceptors (Lipinski definition) is 4. The van der Waals surface area contributed by atoms with Crippen LogP contribution in [0.25, 0.3) is 10.9 Å². The highest BCUT2D eigenvalue weighted by molar-refractivity contribution is 5.87. The van der Waals surface area contributed by atoms with Gasteiger partial charge in [0.15, 0.2) is 6.04 Å². The topological polar surface area (TPSA) is 101 Å². The molecule has 150 valence electrons. The number of carboxylic acid groups (broad SMARTS) is 1. The molecule has 2 atom stereocenters. The Morgan fingerprint density at radius 1 is 1.10 bits per heavy atom. The van der Waals surface area contributed by atoms with E-state index in [1.54, 1.807) is 54.6 Å². The number of benzene rings is 2. The summed E-state index contributed by atoms with van der Waals surface area (Å²) in [4.78, 5) is 42.1. The molecule has 2 aromatic carbocycles. The van der Waals surface area contributed by atoms with E-state index in [2.05, 4.69) is 10.3 Å². The third-order valence-corrected chi connectivity index (χ3v) is 4.83. The lowest BCUT2D eigenvalue weighted by atomic mass is 10.0. The van der Waals surface area contributed by atoms with Crippen LogP contribution in [0, 0.1) is 0 Å². The smallest absolute Gasteiger partial charge is 0.330 e. The molecule has 0 aliphatic carbocycles. The van der Waals surface area contributed by atoms with Gasteiger partial charge in [-0.25, -0.2) is 9.78 Å². The number of nitrogens with zero attached hydrogens (tertiary/aromatic N) is 2. The summed E-state index contributed by atoms with van der Waals surface area (Å²) >= 11 is 0. The van der Waals surface area contributed by atoms with Crippen molar-refractivity contribution in [3.8, 4) is 0 Å². The first-order valence-electron chi connectivity index (χ1n) is 9.57. The number of carboxylic acids is 1. The van der Waals surface area contributed by atoms with Gasteiger partial charge >= 0.3 is 5.97 Å². The summed E-state index contributed by atoms with van der Waals surface area (Å²) in [6, 6.07) is 13.4. The van der Waals surface area contributed by atoms with Gasteiger partial charge in [-0.15, -0.1) is 0 Å². The number of aromatic nitrogens is 2. The number of rotatable bonds is 8. The number of amides is 1. The van der Waals surface area contributed by atoms with Crippen molar-refractivity contribution >= 4 is 22.8 Å². The lowest BCUT2D eigenvalue weighted by Crippen LogP contribution is -2.41. The third-order valence-electron chi connectivity index (χ3n) is 4.83. The van der Waals surface area contributed by atoms with Crippen molar-refractivity contribution in [2.45, 2.75) is 38.3 Å². The van der Waals surface area contributed by atoms with Crippen molar-refractivity contribution in [1.82, 2.24) is 14.9 Å². The fourth-order valence-corrected chi connectivity index (χ4v) is 3.27. The molecule has 7 nitrogen and oxygen atoms in total. The van der Waals surface area contributed by atoms with E-state index in [1.165, 1.54) is 10.9 Å². The molecule has 0 spiro atoms. The summed E-state index contributed by atoms with van der Waals surface area (Å²) in [7, 11) is 0. The molecule has 0 fully saturated rings. The molecule has 0 unspecified atom stereocenters. The van der Waals surface area contributed by atoms with Crippen LogP contribution in [0.2, 0.25) is 0 Å². The van der Waals surface area contributed by atoms with Crippen LogP contribution in [-0.4, -0.2) is 26.5 Å². The number of fused-ring (bicyclic) bond motifs is 1. The average molecular weight is 393 g/mol. The van der Waals surface area contributed by atoms with Gasteiger partial charge in [-0.2, -0.15) is 0 Å². The van der Waals surface area contributed by atoms with Crippen LogP contribution in [-0.2, 0) is 9.59 Å². The molecule has 0 aliphatic heterocycles. The van der Waals surface area contributed by atoms with E-state index in [0.717, 1.165) is 6.42 Å². The summed E-state index contributed by atoms with van der Waals surface area (Å²) < 4.78 is 1.30. The van der Waals surface area contributed by atoms with Gasteiger partial charge in [-0.3, -0.25) is 14.2 Å². The molecule has 0 aliphatic rings. The standard InChI is InChI=1S/C22H23N3O4/c1-2-3-13-18(25-14-23-17-12-8-7-11-16(17)21(25)27)20(26)24-19(22(28)29)15-9-5-4-6-10-15/h4-12,14,18-19H,2-3,13H2,1H3,(H,24,26)(H,28,29)/t18-,19-/m0/s1. The summed E-state index contributed by atoms with van der Waals surface area (Å²) in [6.07, 6.45) is 3.31. The van der Waals surface area contributed by atoms with Crippen LogP contribution in [0.15, 0.2) is 65.7 Å². The number of unbranched alkanes of at least 4 members (excludes halogenated alkanes) is 1. The molecular formula is C22H23N3O4. The number of hydrogen-bond donors (Lipinski definition) is 2. The van der Waals surface area contributed by atoms with Crippen molar-refractivity contribution < 1.29 is 14.7 Å². The van der Waals surface area contributed by atoms with E-state index < -0.39 is 24.0 Å². The zero-order chi connectivity index (χ0) is 20.8. The van der Waals surface area contributed by atoms with E-state index >= 15 is 0 Å². The first-order valence-corrected chi connectivity index (χ1v) is 9.57. The van der Waals surface area contributed by atoms with Gasteiger partial charge < -0.3 is 10.4 Å². The summed E-state index contributed by atoms with van der Waals surface area (Å²) in [5.74, 6) is -1.68. The average Bonchev–Trinajstić information content (AvgIpc) is 2.74. The fraction of sp³-hybridized carbons (Fsp3) is 0.273. The summed E-state index contributed by atoms with van der Waals surface area (Å²) in [6.45, 7) is 1.99. The minimum absolute atomic E-state index is 0.321. The Morgan fingerprint density at radius 2 is 1.79 bits per heavy atom. The van der Waals surface area contributed by atoms with Crippen LogP contribution in [0.4, 0.5) is 0 Å². The number of carbonyl (C=O) groups excluding carboxylic acids is 1. The van der Waals surface area contributed by atoms with Crippen molar-refractivity contribution in [3.05, 3.63) is 76.8 Å². The molecule has 3 aromatic rings. The Hall–Kier alpha value is -3.48. The van der Waals surface area contributed by atoms with Crippen LogP contribution in [0.3, 0.4) is 0 Å². The minimum Gasteiger partial charge on any atom is -0.479 e. The van der Waals surface area contributed by atoms with Gasteiger partial charge in [0.05, 0.1) is 17.2 Å². The number of aliphatic carboxylic acids is 1. The third kappa shape index (κ3) is 4.51. The van der Waals surface area contributed by atoms with Crippen molar-refractivity contribution in [3.63, 3.8) is 0 Å². The van der Waals surface area contributed by atoms with Crippen molar-refractivity contribution in [1.29, 1.82) is 0 Å². The summed E-state index contributed by atoms with van der Waals surface area (Å²) in [5, 5.41) is 12.6. The molecule has 0 saturated carbocycles. The molecule has 0 saturated heterocycles. The molecule has 0 bridgehead atoms. The van der Waals surface area contributed by atoms with E-state index in [9.17, 15) is 19.5 Å². The molecule has 1 heterocycles. The van der Waals surface area contributed by atoms with E-state index in [0.29, 0.717) is 29.3 Å². The maximum Gasteiger partial charge on any atom is 0.330 e. The second-order valence-corrected chi connectivity index (χ2v) is 6.82. The second-order valence-electron chi connectivity index (χ2n) is 6.82. The van der Waals surface area contributed by atoms with Crippen LogP contribution in [0.1, 0.15) is 43.8 Å². The van der Waals surface area contributed by atoms with Gasteiger partial charge in [0.1, 0.15) is 6.04 Å². The Balaban J connectivity index is 1.96. The molecule has 7 heteroatoms. The van der Waals surface area contributed by atoms with E-state index in [4.69, 9.17) is 0 Å². The predicted octanol–water partition coefficient (Wildman–Crippen LogP) is 3.07. The lowest BCUT2D eigenvalue weighted by molar-refractivity contribution is -0.142. The number of para-hydroxylation sites is 1. The molecule has 2 N–H and O–H groups in total. The zero-order valence-corrected chi connectivity index (χ0v) is 16.1. The van der Waals surface area contributed by atoms with Crippen molar-refractivity contribution in [2.75, 3.05) is 0 Å². The first kappa shape index (κ1) is 20.3. The Morgan fingerprint density at radius 3 is 2.48 bits per heavy atom. The highest BCUT2D eigenvalue weighted by Gasteiger charge is 2.28. The normalized spacial score (nSPS) is 13.0. The highest BCUT2D eigenvalue weighted by Crippen LogP contribution is 2.19. The predicted molar refractivity (Wildman–Crippen MR) is 110 cm³/mol. The van der Waals surface area contributed by atoms with E-state index in [1.807, 2.05) is 6.92 Å². The Labute approximate surface area is 168 Å². The van der Waals surface area contributed by atoms with Gasteiger partial charge in [0, 0.05) is 0 Å². The van der Waals surface area contributed by atoms with Gasteiger partial charge in [-0.1, -0.05) is 62.2 Å². The second kappa shape index (κ2) is 9.14. The molecule has 1 aromatic heterocycles. The largest absolute Gasteiger partial charge is 0.479 e. The lowest BCUT2D eigenvalue weighted by Gasteiger charge is -2.22. The minimum atomic E-state index is -1.20. The van der Waals surface area contributed by atoms with Crippen molar-refractivity contribution in [2.24, 2.45) is 0 Å². The Kier molecular flexibility index (Phi) is 6.39. The Bertz CT molecular complexity index is 1060. The maximum absolute atomic E-state index is 13.1. The van der Waals surface area contributed by atoms with Crippen LogP contribution in [0.5, 0.6) is 0 Å². The highest BCUT2D eigenvalue weighted by atomic mass is 16.4. The SMILES string of the molecule is CCCC[C@@H](C(=O)N[C@H](C(=O)O)c1ccccc1)n1cnc2ccccc2c1=O. The van der Waals surface area contributed by atoms with Gasteiger partial charge in [-0.05, 0) is 24.1 Å². The fourth-order valence-electron chi connectivity index (χ4n) is 3.27. The number of carbonyl (C=O) groups is 2. The maximum atomic E-state index is 13.1. The summed E-state index contributed by atoms with van der Waals surface area (Å²) in [5.41, 5.74) is 0.695. The zero-order valence-electron chi connectivity index (χ0n) is 16.1. The monoisotopic (exact) mass is 393 g/mol. The quantitative estimate of drug-likeness (QED) is 0.612. The molecule has 1 amide bonds. The molecule has 3 rings (SSSR count). The van der Waals surface area contributed by atoms with Gasteiger partial charge in [0.2, 0.25) is 5.91 Å². The molecule has 0 radical (unpaired) electrons. The molecule has 29 heavy (non-hydrogen) atoms.